The molecule has 0 saturated carbocycles. The van der Waals surface area contributed by atoms with Crippen LogP contribution in [0, 0.1) is 0 Å². The van der Waals surface area contributed by atoms with Crippen LogP contribution in [0.15, 0.2) is 0 Å². The zero-order chi connectivity index (χ0) is 13.7. The van der Waals surface area contributed by atoms with Gasteiger partial charge in [-0.2, -0.15) is 11.8 Å². The summed E-state index contributed by atoms with van der Waals surface area (Å²) in [7, 11) is 0. The van der Waals surface area contributed by atoms with Gasteiger partial charge >= 0.3 is 5.97 Å². The predicted octanol–water partition coefficient (Wildman–Crippen LogP) is 0.589. The van der Waals surface area contributed by atoms with Crippen molar-refractivity contribution in [2.24, 2.45) is 0 Å². The molecule has 0 aromatic carbocycles. The second kappa shape index (κ2) is 7.14. The molecular formula is C13H22N2O3S. The van der Waals surface area contributed by atoms with Gasteiger partial charge in [-0.15, -0.1) is 0 Å². The van der Waals surface area contributed by atoms with Crippen molar-refractivity contribution in [3.8, 4) is 0 Å². The first-order valence-electron chi connectivity index (χ1n) is 6.90. The third-order valence-corrected chi connectivity index (χ3v) is 4.85. The fourth-order valence-corrected chi connectivity index (χ4v) is 3.87. The molecule has 6 heteroatoms. The summed E-state index contributed by atoms with van der Waals surface area (Å²) in [5, 5.41) is 0. The average Bonchev–Trinajstić information content (AvgIpc) is 2.80. The van der Waals surface area contributed by atoms with Gasteiger partial charge in [-0.3, -0.25) is 14.5 Å². The van der Waals surface area contributed by atoms with Crippen LogP contribution in [0.25, 0.3) is 0 Å². The van der Waals surface area contributed by atoms with E-state index in [2.05, 4.69) is 4.90 Å². The topological polar surface area (TPSA) is 49.9 Å². The fraction of sp³-hybridized carbons (Fsp3) is 0.846. The Morgan fingerprint density at radius 1 is 1.26 bits per heavy atom. The molecular weight excluding hydrogens is 264 g/mol. The summed E-state index contributed by atoms with van der Waals surface area (Å²) in [4.78, 5) is 27.0. The Kier molecular flexibility index (Phi) is 5.51. The zero-order valence-corrected chi connectivity index (χ0v) is 12.3. The van der Waals surface area contributed by atoms with E-state index < -0.39 is 5.97 Å². The van der Waals surface area contributed by atoms with Crippen LogP contribution in [0.2, 0.25) is 0 Å². The molecule has 2 heterocycles. The van der Waals surface area contributed by atoms with Crippen LogP contribution < -0.4 is 0 Å². The van der Waals surface area contributed by atoms with Crippen molar-refractivity contribution in [2.45, 2.75) is 25.8 Å². The second-order valence-corrected chi connectivity index (χ2v) is 6.22. The lowest BCUT2D eigenvalue weighted by Crippen LogP contribution is -2.40. The molecule has 2 saturated heterocycles. The van der Waals surface area contributed by atoms with Gasteiger partial charge in [0.25, 0.3) is 5.91 Å². The molecule has 108 valence electrons. The summed E-state index contributed by atoms with van der Waals surface area (Å²) in [5.74, 6) is 2.02. The minimum Gasteiger partial charge on any atom is -0.456 e. The van der Waals surface area contributed by atoms with Crippen LogP contribution in [0.1, 0.15) is 19.8 Å². The quantitative estimate of drug-likeness (QED) is 0.711. The molecule has 1 amide bonds. The van der Waals surface area contributed by atoms with Crippen molar-refractivity contribution in [3.63, 3.8) is 0 Å². The molecule has 0 aromatic heterocycles. The molecule has 0 bridgehead atoms. The normalized spacial score (nSPS) is 25.1. The van der Waals surface area contributed by atoms with E-state index in [4.69, 9.17) is 4.74 Å². The SMILES string of the molecule is CC(=O)OCC(=O)N1CCCN(C2CCSC2)CC1. The van der Waals surface area contributed by atoms with E-state index in [0.29, 0.717) is 6.04 Å². The Morgan fingerprint density at radius 3 is 2.79 bits per heavy atom. The first kappa shape index (κ1) is 14.7. The van der Waals surface area contributed by atoms with E-state index >= 15 is 0 Å². The first-order valence-corrected chi connectivity index (χ1v) is 8.05. The number of thioether (sulfide) groups is 1. The summed E-state index contributed by atoms with van der Waals surface area (Å²) in [6.45, 7) is 4.75. The van der Waals surface area contributed by atoms with Gasteiger partial charge in [-0.1, -0.05) is 0 Å². The molecule has 0 aliphatic carbocycles. The Morgan fingerprint density at radius 2 is 2.11 bits per heavy atom. The monoisotopic (exact) mass is 286 g/mol. The molecule has 0 spiro atoms. The van der Waals surface area contributed by atoms with Gasteiger partial charge < -0.3 is 9.64 Å². The highest BCUT2D eigenvalue weighted by Crippen LogP contribution is 2.23. The van der Waals surface area contributed by atoms with Gasteiger partial charge in [0.1, 0.15) is 0 Å². The minimum atomic E-state index is -0.396. The van der Waals surface area contributed by atoms with Crippen molar-refractivity contribution >= 4 is 23.6 Å². The molecule has 1 atom stereocenters. The average molecular weight is 286 g/mol. The van der Waals surface area contributed by atoms with Crippen LogP contribution in [-0.4, -0.2) is 72.0 Å². The molecule has 5 nitrogen and oxygen atoms in total. The van der Waals surface area contributed by atoms with E-state index in [1.165, 1.54) is 24.9 Å². The van der Waals surface area contributed by atoms with Crippen LogP contribution >= 0.6 is 11.8 Å². The second-order valence-electron chi connectivity index (χ2n) is 5.07. The number of rotatable bonds is 3. The lowest BCUT2D eigenvalue weighted by molar-refractivity contribution is -0.150. The van der Waals surface area contributed by atoms with Gasteiger partial charge in [0.15, 0.2) is 6.61 Å². The van der Waals surface area contributed by atoms with E-state index in [-0.39, 0.29) is 12.5 Å². The maximum atomic E-state index is 11.9. The van der Waals surface area contributed by atoms with Crippen LogP contribution in [0.5, 0.6) is 0 Å². The Labute approximate surface area is 118 Å². The van der Waals surface area contributed by atoms with Gasteiger partial charge in [0.05, 0.1) is 0 Å². The van der Waals surface area contributed by atoms with Crippen molar-refractivity contribution in [1.82, 2.24) is 9.80 Å². The maximum absolute atomic E-state index is 11.9. The van der Waals surface area contributed by atoms with E-state index in [0.717, 1.165) is 32.6 Å². The van der Waals surface area contributed by atoms with Crippen molar-refractivity contribution in [2.75, 3.05) is 44.3 Å². The standard InChI is InChI=1S/C13H22N2O3S/c1-11(16)18-9-13(17)15-5-2-4-14(6-7-15)12-3-8-19-10-12/h12H,2-10H2,1H3. The molecule has 19 heavy (non-hydrogen) atoms. The molecule has 2 fully saturated rings. The summed E-state index contributed by atoms with van der Waals surface area (Å²) in [5.41, 5.74) is 0. The number of carbonyl (C=O) groups is 2. The Balaban J connectivity index is 1.78. The first-order chi connectivity index (χ1) is 9.16. The summed E-state index contributed by atoms with van der Waals surface area (Å²) >= 11 is 2.02. The number of nitrogens with zero attached hydrogens (tertiary/aromatic N) is 2. The maximum Gasteiger partial charge on any atom is 0.303 e. The molecule has 1 unspecified atom stereocenters. The third kappa shape index (κ3) is 4.38. The number of hydrogen-bond donors (Lipinski definition) is 0. The third-order valence-electron chi connectivity index (χ3n) is 3.70. The molecule has 2 aliphatic heterocycles. The van der Waals surface area contributed by atoms with Crippen molar-refractivity contribution < 1.29 is 14.3 Å². The lowest BCUT2D eigenvalue weighted by Gasteiger charge is -2.26. The van der Waals surface area contributed by atoms with Crippen LogP contribution in [-0.2, 0) is 14.3 Å². The highest BCUT2D eigenvalue weighted by molar-refractivity contribution is 7.99. The highest BCUT2D eigenvalue weighted by atomic mass is 32.2. The van der Waals surface area contributed by atoms with Gasteiger partial charge in [-0.25, -0.2) is 0 Å². The largest absolute Gasteiger partial charge is 0.456 e. The van der Waals surface area contributed by atoms with E-state index in [1.807, 2.05) is 16.7 Å². The van der Waals surface area contributed by atoms with E-state index in [9.17, 15) is 9.59 Å². The number of amides is 1. The molecule has 0 N–H and O–H groups in total. The number of hydrogen-bond acceptors (Lipinski definition) is 5. The van der Waals surface area contributed by atoms with Gasteiger partial charge in [0.2, 0.25) is 0 Å². The van der Waals surface area contributed by atoms with E-state index in [1.54, 1.807) is 0 Å². The Bertz CT molecular complexity index is 332. The highest BCUT2D eigenvalue weighted by Gasteiger charge is 2.26. The van der Waals surface area contributed by atoms with Gasteiger partial charge in [-0.05, 0) is 18.6 Å². The molecule has 2 rings (SSSR count). The molecule has 2 aliphatic rings. The minimum absolute atomic E-state index is 0.0714. The smallest absolute Gasteiger partial charge is 0.303 e. The summed E-state index contributed by atoms with van der Waals surface area (Å²) in [6, 6.07) is 0.688. The van der Waals surface area contributed by atoms with Crippen molar-refractivity contribution in [1.29, 1.82) is 0 Å². The summed E-state index contributed by atoms with van der Waals surface area (Å²) < 4.78 is 4.78. The number of ether oxygens (including phenoxy) is 1. The van der Waals surface area contributed by atoms with Gasteiger partial charge in [0, 0.05) is 44.9 Å². The lowest BCUT2D eigenvalue weighted by atomic mass is 10.2. The molecule has 0 aromatic rings. The molecule has 0 radical (unpaired) electrons. The number of carbonyl (C=O) groups excluding carboxylic acids is 2. The Hall–Kier alpha value is -0.750. The predicted molar refractivity (Wildman–Crippen MR) is 75.1 cm³/mol. The van der Waals surface area contributed by atoms with Crippen LogP contribution in [0.4, 0.5) is 0 Å². The number of esters is 1. The van der Waals surface area contributed by atoms with Crippen LogP contribution in [0.3, 0.4) is 0 Å². The van der Waals surface area contributed by atoms with Crippen molar-refractivity contribution in [3.05, 3.63) is 0 Å². The summed E-state index contributed by atoms with van der Waals surface area (Å²) in [6.07, 6.45) is 2.28. The fourth-order valence-electron chi connectivity index (χ4n) is 2.62. The zero-order valence-electron chi connectivity index (χ0n) is 11.5.